The van der Waals surface area contributed by atoms with Crippen molar-refractivity contribution in [2.75, 3.05) is 7.11 Å². The Bertz CT molecular complexity index is 611. The van der Waals surface area contributed by atoms with E-state index in [0.717, 1.165) is 11.1 Å². The van der Waals surface area contributed by atoms with Gasteiger partial charge in [0.1, 0.15) is 5.75 Å². The van der Waals surface area contributed by atoms with Gasteiger partial charge in [0.15, 0.2) is 0 Å². The average Bonchev–Trinajstić information content (AvgIpc) is 2.47. The van der Waals surface area contributed by atoms with Gasteiger partial charge in [0.05, 0.1) is 13.2 Å². The minimum atomic E-state index is -2.54. The summed E-state index contributed by atoms with van der Waals surface area (Å²) < 4.78 is 30.7. The molecule has 0 amide bonds. The van der Waals surface area contributed by atoms with Gasteiger partial charge in [-0.25, -0.2) is 8.78 Å². The lowest BCUT2D eigenvalue weighted by Crippen LogP contribution is -2.04. The number of methoxy groups -OCH3 is 1. The fourth-order valence-corrected chi connectivity index (χ4v) is 2.30. The summed E-state index contributed by atoms with van der Waals surface area (Å²) in [7, 11) is 1.57. The molecular weight excluding hydrogens is 274 g/mol. The van der Waals surface area contributed by atoms with Crippen molar-refractivity contribution in [2.45, 2.75) is 25.9 Å². The maximum Gasteiger partial charge on any atom is 0.263 e. The van der Waals surface area contributed by atoms with Gasteiger partial charge in [0, 0.05) is 12.0 Å². The Balaban J connectivity index is 2.23. The molecule has 1 atom stereocenters. The van der Waals surface area contributed by atoms with Crippen molar-refractivity contribution in [3.63, 3.8) is 0 Å². The number of aryl methyl sites for hydroxylation is 1. The second-order valence-corrected chi connectivity index (χ2v) is 5.01. The predicted molar refractivity (Wildman–Crippen MR) is 77.8 cm³/mol. The number of hydrogen-bond donors (Lipinski definition) is 1. The summed E-state index contributed by atoms with van der Waals surface area (Å²) in [4.78, 5) is 0. The summed E-state index contributed by atoms with van der Waals surface area (Å²) in [5, 5.41) is 10.3. The van der Waals surface area contributed by atoms with E-state index in [1.807, 2.05) is 25.1 Å². The van der Waals surface area contributed by atoms with Gasteiger partial charge in [-0.3, -0.25) is 0 Å². The minimum Gasteiger partial charge on any atom is -0.496 e. The second kappa shape index (κ2) is 6.68. The lowest BCUT2D eigenvalue weighted by Gasteiger charge is -2.15. The Hall–Kier alpha value is -1.94. The van der Waals surface area contributed by atoms with Crippen LogP contribution in [0.2, 0.25) is 0 Å². The van der Waals surface area contributed by atoms with E-state index in [-0.39, 0.29) is 5.56 Å². The smallest absolute Gasteiger partial charge is 0.263 e. The highest BCUT2D eigenvalue weighted by Crippen LogP contribution is 2.28. The first-order chi connectivity index (χ1) is 10.0. The molecule has 0 aliphatic rings. The monoisotopic (exact) mass is 292 g/mol. The van der Waals surface area contributed by atoms with E-state index < -0.39 is 12.5 Å². The van der Waals surface area contributed by atoms with Crippen LogP contribution in [-0.4, -0.2) is 12.2 Å². The Morgan fingerprint density at radius 3 is 2.48 bits per heavy atom. The number of benzene rings is 2. The van der Waals surface area contributed by atoms with Gasteiger partial charge in [-0.2, -0.15) is 0 Å². The van der Waals surface area contributed by atoms with Gasteiger partial charge >= 0.3 is 0 Å². The van der Waals surface area contributed by atoms with Crippen LogP contribution in [0.25, 0.3) is 0 Å². The molecule has 2 aromatic rings. The number of aliphatic hydroxyl groups excluding tert-OH is 1. The fraction of sp³-hybridized carbons (Fsp3) is 0.294. The Morgan fingerprint density at radius 2 is 1.81 bits per heavy atom. The van der Waals surface area contributed by atoms with Crippen LogP contribution in [0, 0.1) is 6.92 Å². The zero-order valence-corrected chi connectivity index (χ0v) is 12.0. The fourth-order valence-electron chi connectivity index (χ4n) is 2.30. The molecule has 2 aromatic carbocycles. The van der Waals surface area contributed by atoms with Crippen molar-refractivity contribution < 1.29 is 18.6 Å². The molecule has 0 fully saturated rings. The molecule has 4 heteroatoms. The lowest BCUT2D eigenvalue weighted by atomic mass is 9.98. The normalized spacial score (nSPS) is 12.5. The highest BCUT2D eigenvalue weighted by Gasteiger charge is 2.15. The topological polar surface area (TPSA) is 29.5 Å². The van der Waals surface area contributed by atoms with Crippen LogP contribution in [0.1, 0.15) is 34.8 Å². The maximum absolute atomic E-state index is 12.7. The van der Waals surface area contributed by atoms with Gasteiger partial charge in [-0.05, 0) is 30.2 Å². The van der Waals surface area contributed by atoms with Crippen LogP contribution in [0.4, 0.5) is 8.78 Å². The third-order valence-electron chi connectivity index (χ3n) is 3.40. The van der Waals surface area contributed by atoms with Gasteiger partial charge < -0.3 is 9.84 Å². The quantitative estimate of drug-likeness (QED) is 0.894. The molecule has 1 unspecified atom stereocenters. The lowest BCUT2D eigenvalue weighted by molar-refractivity contribution is 0.149. The minimum absolute atomic E-state index is 0.0808. The van der Waals surface area contributed by atoms with Crippen molar-refractivity contribution in [1.82, 2.24) is 0 Å². The van der Waals surface area contributed by atoms with Crippen molar-refractivity contribution >= 4 is 0 Å². The highest BCUT2D eigenvalue weighted by atomic mass is 19.3. The van der Waals surface area contributed by atoms with Gasteiger partial charge in [0.2, 0.25) is 0 Å². The SMILES string of the molecule is COc1ccc(C)cc1CC(O)c1cccc(C(F)F)c1. The van der Waals surface area contributed by atoms with Crippen LogP contribution in [0.5, 0.6) is 5.75 Å². The predicted octanol–water partition coefficient (Wildman–Crippen LogP) is 4.22. The summed E-state index contributed by atoms with van der Waals surface area (Å²) in [6.45, 7) is 1.95. The van der Waals surface area contributed by atoms with Gasteiger partial charge in [0.25, 0.3) is 6.43 Å². The summed E-state index contributed by atoms with van der Waals surface area (Å²) in [6, 6.07) is 11.6. The van der Waals surface area contributed by atoms with Crippen molar-refractivity contribution in [3.05, 3.63) is 64.7 Å². The number of hydrogen-bond acceptors (Lipinski definition) is 2. The van der Waals surface area contributed by atoms with Gasteiger partial charge in [-0.15, -0.1) is 0 Å². The third kappa shape index (κ3) is 3.79. The summed E-state index contributed by atoms with van der Waals surface area (Å²) in [5.41, 5.74) is 2.31. The zero-order chi connectivity index (χ0) is 15.4. The summed E-state index contributed by atoms with van der Waals surface area (Å²) >= 11 is 0. The molecule has 0 aliphatic heterocycles. The van der Waals surface area contributed by atoms with Crippen LogP contribution in [0.15, 0.2) is 42.5 Å². The summed E-state index contributed by atoms with van der Waals surface area (Å²) in [6.07, 6.45) is -3.07. The first-order valence-electron chi connectivity index (χ1n) is 6.71. The molecular formula is C17H18F2O2. The molecule has 0 aromatic heterocycles. The molecule has 0 radical (unpaired) electrons. The summed E-state index contributed by atoms with van der Waals surface area (Å²) in [5.74, 6) is 0.685. The van der Waals surface area contributed by atoms with E-state index in [1.54, 1.807) is 13.2 Å². The van der Waals surface area contributed by atoms with E-state index in [0.29, 0.717) is 17.7 Å². The molecule has 0 heterocycles. The number of aliphatic hydroxyl groups is 1. The Labute approximate surface area is 123 Å². The average molecular weight is 292 g/mol. The molecule has 0 bridgehead atoms. The van der Waals surface area contributed by atoms with Crippen molar-refractivity contribution in [2.24, 2.45) is 0 Å². The number of alkyl halides is 2. The molecule has 2 rings (SSSR count). The van der Waals surface area contributed by atoms with Crippen molar-refractivity contribution in [3.8, 4) is 5.75 Å². The first kappa shape index (κ1) is 15.4. The zero-order valence-electron chi connectivity index (χ0n) is 12.0. The maximum atomic E-state index is 12.7. The van der Waals surface area contributed by atoms with E-state index >= 15 is 0 Å². The number of ether oxygens (including phenoxy) is 1. The third-order valence-corrected chi connectivity index (χ3v) is 3.40. The Morgan fingerprint density at radius 1 is 1.10 bits per heavy atom. The van der Waals surface area contributed by atoms with E-state index in [9.17, 15) is 13.9 Å². The molecule has 0 saturated heterocycles. The van der Waals surface area contributed by atoms with Crippen LogP contribution >= 0.6 is 0 Å². The second-order valence-electron chi connectivity index (χ2n) is 5.01. The molecule has 2 nitrogen and oxygen atoms in total. The van der Waals surface area contributed by atoms with Crippen LogP contribution in [0.3, 0.4) is 0 Å². The van der Waals surface area contributed by atoms with E-state index in [4.69, 9.17) is 4.74 Å². The molecule has 0 aliphatic carbocycles. The molecule has 1 N–H and O–H groups in total. The van der Waals surface area contributed by atoms with E-state index in [1.165, 1.54) is 18.2 Å². The number of halogens is 2. The molecule has 0 saturated carbocycles. The largest absolute Gasteiger partial charge is 0.496 e. The molecule has 0 spiro atoms. The standard InChI is InChI=1S/C17H18F2O2/c1-11-6-7-16(21-2)14(8-11)10-15(20)12-4-3-5-13(9-12)17(18)19/h3-9,15,17,20H,10H2,1-2H3. The number of rotatable bonds is 5. The molecule has 21 heavy (non-hydrogen) atoms. The highest BCUT2D eigenvalue weighted by molar-refractivity contribution is 5.38. The van der Waals surface area contributed by atoms with E-state index in [2.05, 4.69) is 0 Å². The van der Waals surface area contributed by atoms with Crippen molar-refractivity contribution in [1.29, 1.82) is 0 Å². The Kier molecular flexibility index (Phi) is 4.91. The van der Waals surface area contributed by atoms with Crippen LogP contribution in [-0.2, 0) is 6.42 Å². The van der Waals surface area contributed by atoms with Gasteiger partial charge in [-0.1, -0.05) is 35.9 Å². The first-order valence-corrected chi connectivity index (χ1v) is 6.71. The molecule has 112 valence electrons. The van der Waals surface area contributed by atoms with Crippen LogP contribution < -0.4 is 4.74 Å².